The van der Waals surface area contributed by atoms with Crippen molar-refractivity contribution in [2.75, 3.05) is 27.6 Å². The van der Waals surface area contributed by atoms with Gasteiger partial charge in [0.1, 0.15) is 23.6 Å². The summed E-state index contributed by atoms with van der Waals surface area (Å²) in [6.07, 6.45) is 1.76. The van der Waals surface area contributed by atoms with Crippen LogP contribution in [0.4, 0.5) is 0 Å². The second kappa shape index (κ2) is 11.2. The van der Waals surface area contributed by atoms with Gasteiger partial charge in [0.2, 0.25) is 12.5 Å². The van der Waals surface area contributed by atoms with E-state index in [-0.39, 0.29) is 49.1 Å². The second-order valence-corrected chi connectivity index (χ2v) is 12.3. The number of ether oxygens (including phenoxy) is 6. The van der Waals surface area contributed by atoms with E-state index < -0.39 is 23.5 Å². The maximum atomic E-state index is 13.5. The van der Waals surface area contributed by atoms with Crippen LogP contribution in [-0.2, 0) is 16.1 Å². The quantitative estimate of drug-likeness (QED) is 0.185. The number of aromatic hydroxyl groups is 1. The van der Waals surface area contributed by atoms with E-state index >= 15 is 0 Å². The minimum absolute atomic E-state index is 0.0224. The van der Waals surface area contributed by atoms with Crippen LogP contribution >= 0.6 is 15.9 Å². The first-order chi connectivity index (χ1) is 22.8. The normalized spacial score (nSPS) is 20.9. The van der Waals surface area contributed by atoms with Crippen LogP contribution in [0.1, 0.15) is 34.3 Å². The number of carbonyl (C=O) groups excluding carboxylic acids is 1. The molecule has 13 nitrogen and oxygen atoms in total. The van der Waals surface area contributed by atoms with E-state index in [4.69, 9.17) is 32.8 Å². The fourth-order valence-corrected chi connectivity index (χ4v) is 7.20. The molecule has 0 radical (unpaired) electrons. The molecule has 4 heterocycles. The summed E-state index contributed by atoms with van der Waals surface area (Å²) >= 11 is 3.39. The van der Waals surface area contributed by atoms with Gasteiger partial charge in [0, 0.05) is 16.3 Å². The molecule has 0 unspecified atom stereocenters. The van der Waals surface area contributed by atoms with Crippen molar-refractivity contribution >= 4 is 32.9 Å². The molecule has 1 saturated heterocycles. The zero-order valence-corrected chi connectivity index (χ0v) is 26.6. The zero-order valence-electron chi connectivity index (χ0n) is 25.0. The van der Waals surface area contributed by atoms with E-state index in [1.807, 2.05) is 18.2 Å². The predicted octanol–water partition coefficient (Wildman–Crippen LogP) is 4.70. The molecule has 3 aliphatic rings. The summed E-state index contributed by atoms with van der Waals surface area (Å²) in [5.41, 5.74) is 2.70. The number of esters is 1. The van der Waals surface area contributed by atoms with Crippen LogP contribution in [0.15, 0.2) is 68.4 Å². The van der Waals surface area contributed by atoms with E-state index in [9.17, 15) is 14.7 Å². The van der Waals surface area contributed by atoms with Gasteiger partial charge in [-0.15, -0.1) is 5.10 Å². The van der Waals surface area contributed by atoms with Crippen molar-refractivity contribution in [1.29, 1.82) is 0 Å². The van der Waals surface area contributed by atoms with Gasteiger partial charge >= 0.3 is 11.6 Å². The van der Waals surface area contributed by atoms with Gasteiger partial charge in [-0.05, 0) is 59.2 Å². The number of benzene rings is 3. The molecule has 3 aromatic carbocycles. The largest absolute Gasteiger partial charge is 0.502 e. The lowest BCUT2D eigenvalue weighted by Crippen LogP contribution is -2.37. The Kier molecular flexibility index (Phi) is 6.97. The average Bonchev–Trinajstić information content (AvgIpc) is 3.82. The number of rotatable bonds is 7. The lowest BCUT2D eigenvalue weighted by molar-refractivity contribution is -0.141. The van der Waals surface area contributed by atoms with Crippen molar-refractivity contribution in [2.24, 2.45) is 11.8 Å². The average molecular weight is 704 g/mol. The number of hydrogen-bond donors (Lipinski definition) is 1. The number of phenolic OH excluding ortho intramolecular Hbond substituents is 1. The molecule has 240 valence electrons. The maximum Gasteiger partial charge on any atom is 0.339 e. The number of aromatic nitrogens is 3. The number of halogens is 1. The fourth-order valence-electron chi connectivity index (χ4n) is 6.86. The molecule has 1 aliphatic carbocycles. The van der Waals surface area contributed by atoms with Crippen LogP contribution in [0.2, 0.25) is 0 Å². The fraction of sp³-hybridized carbons (Fsp3) is 0.273. The minimum atomic E-state index is -0.620. The van der Waals surface area contributed by atoms with E-state index in [0.717, 1.165) is 15.6 Å². The summed E-state index contributed by atoms with van der Waals surface area (Å²) in [7, 11) is 2.90. The molecule has 0 saturated carbocycles. The standard InChI is InChI=1S/C33H26BrN3O10/c1-41-26-5-15(6-27(42-2)32(26)39)29-19-8-24-25(46-14-45-24)9-20(19)31(21-13-44-33(40)30(21)29)37-11-17(35-36-37)12-43-22-10-28(38)47-23-7-16(34)3-4-18(22)23/h3-11,21,29-31,39H,12-14H2,1-2H3/t21-,29+,30-,31+/m0/s1. The second-order valence-electron chi connectivity index (χ2n) is 11.4. The van der Waals surface area contributed by atoms with E-state index in [1.165, 1.54) is 20.3 Å². The Hall–Kier alpha value is -5.24. The predicted molar refractivity (Wildman–Crippen MR) is 166 cm³/mol. The number of methoxy groups -OCH3 is 2. The number of fused-ring (bicyclic) bond motifs is 4. The maximum absolute atomic E-state index is 13.5. The first kappa shape index (κ1) is 29.2. The molecule has 14 heteroatoms. The van der Waals surface area contributed by atoms with Crippen LogP contribution in [0, 0.1) is 11.8 Å². The van der Waals surface area contributed by atoms with Gasteiger partial charge < -0.3 is 37.9 Å². The van der Waals surface area contributed by atoms with Gasteiger partial charge in [-0.3, -0.25) is 4.79 Å². The molecular weight excluding hydrogens is 678 g/mol. The number of hydrogen-bond acceptors (Lipinski definition) is 12. The summed E-state index contributed by atoms with van der Waals surface area (Å²) in [6, 6.07) is 13.4. The molecule has 0 bridgehead atoms. The molecule has 47 heavy (non-hydrogen) atoms. The lowest BCUT2D eigenvalue weighted by atomic mass is 9.65. The number of phenols is 1. The van der Waals surface area contributed by atoms with Crippen LogP contribution in [0.25, 0.3) is 11.0 Å². The van der Waals surface area contributed by atoms with Crippen LogP contribution in [0.5, 0.6) is 34.5 Å². The van der Waals surface area contributed by atoms with Gasteiger partial charge in [-0.2, -0.15) is 0 Å². The Labute approximate surface area is 274 Å². The molecule has 5 aromatic rings. The number of carbonyl (C=O) groups is 1. The monoisotopic (exact) mass is 703 g/mol. The molecule has 1 fully saturated rings. The molecule has 2 aromatic heterocycles. The Bertz CT molecular complexity index is 2100. The molecule has 0 spiro atoms. The van der Waals surface area contributed by atoms with Gasteiger partial charge in [-0.25, -0.2) is 9.48 Å². The third-order valence-electron chi connectivity index (χ3n) is 8.90. The van der Waals surface area contributed by atoms with Crippen molar-refractivity contribution in [1.82, 2.24) is 15.0 Å². The Morgan fingerprint density at radius 1 is 0.957 bits per heavy atom. The van der Waals surface area contributed by atoms with Gasteiger partial charge in [-0.1, -0.05) is 21.1 Å². The number of cyclic esters (lactones) is 1. The lowest BCUT2D eigenvalue weighted by Gasteiger charge is -2.39. The van der Waals surface area contributed by atoms with Crippen molar-refractivity contribution in [2.45, 2.75) is 18.6 Å². The molecular formula is C33H26BrN3O10. The molecule has 1 N–H and O–H groups in total. The smallest absolute Gasteiger partial charge is 0.339 e. The van der Waals surface area contributed by atoms with E-state index in [2.05, 4.69) is 26.2 Å². The Morgan fingerprint density at radius 3 is 2.45 bits per heavy atom. The third kappa shape index (κ3) is 4.82. The minimum Gasteiger partial charge on any atom is -0.502 e. The molecule has 4 atom stereocenters. The van der Waals surface area contributed by atoms with Crippen LogP contribution in [-0.4, -0.2) is 53.7 Å². The van der Waals surface area contributed by atoms with Crippen LogP contribution in [0.3, 0.4) is 0 Å². The highest BCUT2D eigenvalue weighted by atomic mass is 79.9. The van der Waals surface area contributed by atoms with Crippen molar-refractivity contribution in [3.8, 4) is 34.5 Å². The van der Waals surface area contributed by atoms with Crippen molar-refractivity contribution < 1.29 is 42.7 Å². The molecule has 2 aliphatic heterocycles. The first-order valence-corrected chi connectivity index (χ1v) is 15.4. The van der Waals surface area contributed by atoms with Gasteiger partial charge in [0.05, 0.1) is 50.4 Å². The van der Waals surface area contributed by atoms with Gasteiger partial charge in [0.25, 0.3) is 0 Å². The third-order valence-corrected chi connectivity index (χ3v) is 9.39. The summed E-state index contributed by atoms with van der Waals surface area (Å²) < 4.78 is 42.0. The van der Waals surface area contributed by atoms with Gasteiger partial charge in [0.15, 0.2) is 23.0 Å². The molecule has 0 amide bonds. The number of nitrogens with zero attached hydrogens (tertiary/aromatic N) is 3. The Morgan fingerprint density at radius 2 is 1.70 bits per heavy atom. The van der Waals surface area contributed by atoms with E-state index in [1.54, 1.807) is 35.1 Å². The summed E-state index contributed by atoms with van der Waals surface area (Å²) in [4.78, 5) is 25.7. The first-order valence-electron chi connectivity index (χ1n) is 14.6. The summed E-state index contributed by atoms with van der Waals surface area (Å²) in [5.74, 6) is -0.0597. The van der Waals surface area contributed by atoms with Crippen molar-refractivity contribution in [3.63, 3.8) is 0 Å². The Balaban J connectivity index is 1.20. The van der Waals surface area contributed by atoms with Crippen LogP contribution < -0.4 is 29.3 Å². The summed E-state index contributed by atoms with van der Waals surface area (Å²) in [6.45, 7) is 0.240. The van der Waals surface area contributed by atoms with E-state index in [0.29, 0.717) is 39.5 Å². The highest BCUT2D eigenvalue weighted by Crippen LogP contribution is 2.56. The summed E-state index contributed by atoms with van der Waals surface area (Å²) in [5, 5.41) is 20.1. The SMILES string of the molecule is COc1cc([C@@H]2c3cc4c(cc3[C@@H](n3cc(COc5cc(=O)oc6cc(Br)ccc56)nn3)[C@H]3COC(=O)[C@H]23)OCO4)cc(OC)c1O. The highest BCUT2D eigenvalue weighted by molar-refractivity contribution is 9.10. The topological polar surface area (TPSA) is 154 Å². The van der Waals surface area contributed by atoms with Crippen molar-refractivity contribution in [3.05, 3.63) is 92.0 Å². The zero-order chi connectivity index (χ0) is 32.4. The molecule has 8 rings (SSSR count). The highest BCUT2D eigenvalue weighted by Gasteiger charge is 2.53.